The van der Waals surface area contributed by atoms with Crippen LogP contribution in [0.5, 0.6) is 0 Å². The van der Waals surface area contributed by atoms with E-state index in [1.165, 1.54) is 11.8 Å². The fourth-order valence-corrected chi connectivity index (χ4v) is 3.43. The quantitative estimate of drug-likeness (QED) is 0.404. The lowest BCUT2D eigenvalue weighted by molar-refractivity contribution is -0.123. The van der Waals surface area contributed by atoms with Gasteiger partial charge in [0.25, 0.3) is 5.56 Å². The molecule has 0 spiro atoms. The first-order valence-electron chi connectivity index (χ1n) is 8.59. The second-order valence-electron chi connectivity index (χ2n) is 6.08. The molecule has 0 saturated carbocycles. The number of amides is 2. The first-order valence-corrected chi connectivity index (χ1v) is 9.58. The highest BCUT2D eigenvalue weighted by Crippen LogP contribution is 2.30. The summed E-state index contributed by atoms with van der Waals surface area (Å²) in [7, 11) is 0. The van der Waals surface area contributed by atoms with Crippen LogP contribution in [-0.4, -0.2) is 27.5 Å². The standard InChI is InChI=1S/C19H20N4O3S/c1-3-9-27-19-22-16-15(18(26)23-19)13(10-14(24)21-16)17(25)20-12-7-5-11(4-2)6-8-12/h3,5-8,13H,1,4,9-10H2,2H3,(H,20,25)(H2,21,22,23,24,26). The highest BCUT2D eigenvalue weighted by molar-refractivity contribution is 7.99. The lowest BCUT2D eigenvalue weighted by Gasteiger charge is -2.23. The lowest BCUT2D eigenvalue weighted by atomic mass is 9.92. The van der Waals surface area contributed by atoms with Gasteiger partial charge in [0, 0.05) is 17.9 Å². The van der Waals surface area contributed by atoms with Crippen LogP contribution in [0.4, 0.5) is 11.5 Å². The fraction of sp³-hybridized carbons (Fsp3) is 0.263. The van der Waals surface area contributed by atoms with Gasteiger partial charge in [-0.05, 0) is 24.1 Å². The van der Waals surface area contributed by atoms with Gasteiger partial charge in [-0.2, -0.15) is 0 Å². The zero-order valence-electron chi connectivity index (χ0n) is 14.9. The molecule has 0 radical (unpaired) electrons. The molecule has 2 amide bonds. The summed E-state index contributed by atoms with van der Waals surface area (Å²) in [5, 5.41) is 5.75. The molecule has 8 heteroatoms. The normalized spacial score (nSPS) is 15.6. The molecule has 1 unspecified atom stereocenters. The van der Waals surface area contributed by atoms with Crippen molar-refractivity contribution in [3.63, 3.8) is 0 Å². The van der Waals surface area contributed by atoms with E-state index in [1.807, 2.05) is 19.1 Å². The lowest BCUT2D eigenvalue weighted by Crippen LogP contribution is -2.36. The number of rotatable bonds is 6. The van der Waals surface area contributed by atoms with Crippen molar-refractivity contribution in [1.82, 2.24) is 9.97 Å². The van der Waals surface area contributed by atoms with E-state index >= 15 is 0 Å². The van der Waals surface area contributed by atoms with Crippen molar-refractivity contribution in [3.8, 4) is 0 Å². The molecule has 3 rings (SSSR count). The van der Waals surface area contributed by atoms with Crippen LogP contribution < -0.4 is 16.2 Å². The van der Waals surface area contributed by atoms with Crippen molar-refractivity contribution >= 4 is 35.1 Å². The topological polar surface area (TPSA) is 104 Å². The molecule has 2 aromatic rings. The van der Waals surface area contributed by atoms with Crippen LogP contribution in [-0.2, 0) is 16.0 Å². The Morgan fingerprint density at radius 1 is 1.37 bits per heavy atom. The molecule has 2 heterocycles. The predicted molar refractivity (Wildman–Crippen MR) is 106 cm³/mol. The minimum absolute atomic E-state index is 0.101. The highest BCUT2D eigenvalue weighted by Gasteiger charge is 2.34. The first-order chi connectivity index (χ1) is 13.0. The molecular formula is C19H20N4O3S. The maximum Gasteiger partial charge on any atom is 0.257 e. The Labute approximate surface area is 160 Å². The third-order valence-electron chi connectivity index (χ3n) is 4.21. The number of benzene rings is 1. The van der Waals surface area contributed by atoms with Gasteiger partial charge < -0.3 is 15.6 Å². The number of hydrogen-bond acceptors (Lipinski definition) is 5. The van der Waals surface area contributed by atoms with E-state index in [1.54, 1.807) is 18.2 Å². The maximum atomic E-state index is 12.7. The number of carbonyl (C=O) groups excluding carboxylic acids is 2. The summed E-state index contributed by atoms with van der Waals surface area (Å²) in [6.45, 7) is 5.67. The van der Waals surface area contributed by atoms with Gasteiger partial charge in [0.15, 0.2) is 5.16 Å². The largest absolute Gasteiger partial charge is 0.326 e. The Kier molecular flexibility index (Phi) is 5.75. The molecule has 27 heavy (non-hydrogen) atoms. The second-order valence-corrected chi connectivity index (χ2v) is 7.09. The summed E-state index contributed by atoms with van der Waals surface area (Å²) in [5.41, 5.74) is 1.53. The Bertz CT molecular complexity index is 937. The van der Waals surface area contributed by atoms with Gasteiger partial charge in [0.05, 0.1) is 11.5 Å². The SMILES string of the molecule is C=CCSc1nc2c(c(=O)[nH]1)C(C(=O)Nc1ccc(CC)cc1)CC(=O)N2. The third-order valence-corrected chi connectivity index (χ3v) is 5.08. The van der Waals surface area contributed by atoms with E-state index in [0.29, 0.717) is 16.6 Å². The van der Waals surface area contributed by atoms with E-state index in [4.69, 9.17) is 0 Å². The first kappa shape index (κ1) is 18.9. The van der Waals surface area contributed by atoms with Crippen molar-refractivity contribution in [2.75, 3.05) is 16.4 Å². The van der Waals surface area contributed by atoms with Gasteiger partial charge in [-0.1, -0.05) is 36.9 Å². The smallest absolute Gasteiger partial charge is 0.257 e. The molecule has 1 aliphatic rings. The summed E-state index contributed by atoms with van der Waals surface area (Å²) >= 11 is 1.29. The minimum atomic E-state index is -0.894. The Hall–Kier alpha value is -2.87. The number of fused-ring (bicyclic) bond motifs is 1. The van der Waals surface area contributed by atoms with Crippen LogP contribution in [0.1, 0.15) is 30.4 Å². The highest BCUT2D eigenvalue weighted by atomic mass is 32.2. The molecular weight excluding hydrogens is 364 g/mol. The van der Waals surface area contributed by atoms with Crippen LogP contribution in [0.15, 0.2) is 46.9 Å². The Morgan fingerprint density at radius 3 is 2.78 bits per heavy atom. The fourth-order valence-electron chi connectivity index (χ4n) is 2.83. The molecule has 7 nitrogen and oxygen atoms in total. The number of nitrogens with one attached hydrogen (secondary N) is 3. The maximum absolute atomic E-state index is 12.7. The van der Waals surface area contributed by atoms with Gasteiger partial charge >= 0.3 is 0 Å². The predicted octanol–water partition coefficient (Wildman–Crippen LogP) is 2.67. The average Bonchev–Trinajstić information content (AvgIpc) is 2.66. The molecule has 1 atom stereocenters. The van der Waals surface area contributed by atoms with E-state index in [0.717, 1.165) is 12.0 Å². The molecule has 0 aliphatic carbocycles. The van der Waals surface area contributed by atoms with Crippen molar-refractivity contribution in [3.05, 3.63) is 58.4 Å². The van der Waals surface area contributed by atoms with Crippen LogP contribution in [0.25, 0.3) is 0 Å². The van der Waals surface area contributed by atoms with E-state index in [-0.39, 0.29) is 23.7 Å². The molecule has 140 valence electrons. The number of H-pyrrole nitrogens is 1. The number of carbonyl (C=O) groups is 2. The van der Waals surface area contributed by atoms with Crippen LogP contribution >= 0.6 is 11.8 Å². The Morgan fingerprint density at radius 2 is 2.11 bits per heavy atom. The molecule has 0 fully saturated rings. The van der Waals surface area contributed by atoms with Gasteiger partial charge in [-0.25, -0.2) is 4.98 Å². The van der Waals surface area contributed by atoms with Crippen molar-refractivity contribution in [1.29, 1.82) is 0 Å². The van der Waals surface area contributed by atoms with Gasteiger partial charge in [0.2, 0.25) is 11.8 Å². The number of hydrogen-bond donors (Lipinski definition) is 3. The molecule has 1 aromatic heterocycles. The molecule has 1 aliphatic heterocycles. The number of thioether (sulfide) groups is 1. The van der Waals surface area contributed by atoms with Gasteiger partial charge in [-0.15, -0.1) is 6.58 Å². The molecule has 1 aromatic carbocycles. The number of aromatic nitrogens is 2. The molecule has 0 bridgehead atoms. The van der Waals surface area contributed by atoms with E-state index < -0.39 is 17.4 Å². The van der Waals surface area contributed by atoms with E-state index in [2.05, 4.69) is 27.2 Å². The van der Waals surface area contributed by atoms with Gasteiger partial charge in [0.1, 0.15) is 5.82 Å². The van der Waals surface area contributed by atoms with Crippen LogP contribution in [0.3, 0.4) is 0 Å². The summed E-state index contributed by atoms with van der Waals surface area (Å²) in [6, 6.07) is 7.46. The minimum Gasteiger partial charge on any atom is -0.326 e. The van der Waals surface area contributed by atoms with Crippen LogP contribution in [0.2, 0.25) is 0 Å². The number of anilines is 2. The number of nitrogens with zero attached hydrogens (tertiary/aromatic N) is 1. The molecule has 3 N–H and O–H groups in total. The number of aromatic amines is 1. The zero-order valence-corrected chi connectivity index (χ0v) is 15.7. The third kappa shape index (κ3) is 4.28. The average molecular weight is 384 g/mol. The van der Waals surface area contributed by atoms with Crippen molar-refractivity contribution < 1.29 is 9.59 Å². The summed E-state index contributed by atoms with van der Waals surface area (Å²) in [6.07, 6.45) is 2.48. The van der Waals surface area contributed by atoms with Crippen molar-refractivity contribution in [2.24, 2.45) is 0 Å². The monoisotopic (exact) mass is 384 g/mol. The van der Waals surface area contributed by atoms with Crippen molar-refractivity contribution in [2.45, 2.75) is 30.8 Å². The second kappa shape index (κ2) is 8.22. The Balaban J connectivity index is 1.88. The molecule has 0 saturated heterocycles. The van der Waals surface area contributed by atoms with E-state index in [9.17, 15) is 14.4 Å². The summed E-state index contributed by atoms with van der Waals surface area (Å²) in [4.78, 5) is 44.3. The summed E-state index contributed by atoms with van der Waals surface area (Å²) in [5.74, 6) is -0.943. The van der Waals surface area contributed by atoms with Gasteiger partial charge in [-0.3, -0.25) is 14.4 Å². The van der Waals surface area contributed by atoms with Crippen LogP contribution in [0, 0.1) is 0 Å². The number of aryl methyl sites for hydroxylation is 1. The summed E-state index contributed by atoms with van der Waals surface area (Å²) < 4.78 is 0. The zero-order chi connectivity index (χ0) is 19.4.